The van der Waals surface area contributed by atoms with E-state index in [0.29, 0.717) is 4.88 Å². The van der Waals surface area contributed by atoms with Gasteiger partial charge in [-0.2, -0.15) is 4.72 Å². The van der Waals surface area contributed by atoms with E-state index in [0.717, 1.165) is 38.9 Å². The number of carboxylic acids is 1. The molecule has 2 heterocycles. The number of fused-ring (bicyclic) bond motifs is 1. The molecule has 0 radical (unpaired) electrons. The van der Waals surface area contributed by atoms with Gasteiger partial charge in [-0.1, -0.05) is 47.7 Å². The van der Waals surface area contributed by atoms with Crippen molar-refractivity contribution in [3.05, 3.63) is 88.4 Å². The molecule has 33 heavy (non-hydrogen) atoms. The molecular weight excluding hydrogens is 456 g/mol. The van der Waals surface area contributed by atoms with Crippen molar-refractivity contribution in [3.8, 4) is 11.8 Å². The lowest BCUT2D eigenvalue weighted by atomic mass is 10.1. The summed E-state index contributed by atoms with van der Waals surface area (Å²) in [6.07, 6.45) is 1.86. The molecule has 0 saturated heterocycles. The molecule has 8 heteroatoms. The van der Waals surface area contributed by atoms with Crippen LogP contribution in [-0.4, -0.2) is 30.1 Å². The summed E-state index contributed by atoms with van der Waals surface area (Å²) >= 11 is 1.01. The molecule has 4 aromatic rings. The molecule has 0 aliphatic carbocycles. The van der Waals surface area contributed by atoms with Gasteiger partial charge in [0.2, 0.25) is 0 Å². The van der Waals surface area contributed by atoms with E-state index >= 15 is 0 Å². The average Bonchev–Trinajstić information content (AvgIpc) is 3.39. The maximum absolute atomic E-state index is 12.9. The van der Waals surface area contributed by atoms with Crippen molar-refractivity contribution in [2.45, 2.75) is 23.6 Å². The van der Waals surface area contributed by atoms with Crippen molar-refractivity contribution in [1.29, 1.82) is 0 Å². The Morgan fingerprint density at radius 1 is 1.09 bits per heavy atom. The molecule has 0 spiro atoms. The molecule has 0 aliphatic rings. The number of nitrogens with one attached hydrogen (secondary N) is 1. The molecule has 2 N–H and O–H groups in total. The van der Waals surface area contributed by atoms with Crippen molar-refractivity contribution >= 4 is 38.2 Å². The Balaban J connectivity index is 1.54. The summed E-state index contributed by atoms with van der Waals surface area (Å²) in [7, 11) is -2.15. The minimum atomic E-state index is -4.03. The highest BCUT2D eigenvalue weighted by atomic mass is 32.2. The van der Waals surface area contributed by atoms with Crippen molar-refractivity contribution in [1.82, 2.24) is 9.29 Å². The Morgan fingerprint density at radius 3 is 2.55 bits per heavy atom. The van der Waals surface area contributed by atoms with Crippen molar-refractivity contribution in [2.24, 2.45) is 7.05 Å². The van der Waals surface area contributed by atoms with Crippen LogP contribution in [0, 0.1) is 18.8 Å². The van der Waals surface area contributed by atoms with Crippen LogP contribution in [0.5, 0.6) is 0 Å². The third kappa shape index (κ3) is 5.17. The van der Waals surface area contributed by atoms with Crippen LogP contribution in [0.3, 0.4) is 0 Å². The lowest BCUT2D eigenvalue weighted by molar-refractivity contribution is -0.138. The first-order valence-corrected chi connectivity index (χ1v) is 12.5. The average molecular weight is 479 g/mol. The highest BCUT2D eigenvalue weighted by molar-refractivity contribution is 7.91. The fraction of sp³-hybridized carbons (Fsp3) is 0.160. The van der Waals surface area contributed by atoms with Gasteiger partial charge in [0.05, 0.1) is 4.88 Å². The van der Waals surface area contributed by atoms with E-state index in [2.05, 4.69) is 16.6 Å². The summed E-state index contributed by atoms with van der Waals surface area (Å²) in [5, 5.41) is 10.6. The molecule has 0 bridgehead atoms. The first-order chi connectivity index (χ1) is 15.7. The van der Waals surface area contributed by atoms with Crippen LogP contribution in [0.1, 0.15) is 21.6 Å². The number of benzene rings is 2. The number of hydrogen-bond acceptors (Lipinski definition) is 4. The molecule has 0 saturated carbocycles. The minimum Gasteiger partial charge on any atom is -0.480 e. The molecule has 0 unspecified atom stereocenters. The number of aromatic nitrogens is 1. The predicted molar refractivity (Wildman–Crippen MR) is 130 cm³/mol. The maximum atomic E-state index is 12.9. The molecule has 4 rings (SSSR count). The summed E-state index contributed by atoms with van der Waals surface area (Å²) in [4.78, 5) is 12.5. The molecule has 2 aromatic carbocycles. The zero-order chi connectivity index (χ0) is 23.6. The Kier molecular flexibility index (Phi) is 6.38. The molecule has 168 valence electrons. The first-order valence-electron chi connectivity index (χ1n) is 10.2. The third-order valence-electron chi connectivity index (χ3n) is 5.23. The lowest BCUT2D eigenvalue weighted by Crippen LogP contribution is -2.42. The van der Waals surface area contributed by atoms with Gasteiger partial charge in [0, 0.05) is 36.1 Å². The van der Waals surface area contributed by atoms with Gasteiger partial charge in [-0.05, 0) is 42.8 Å². The Bertz CT molecular complexity index is 1490. The van der Waals surface area contributed by atoms with Gasteiger partial charge in [0.25, 0.3) is 10.0 Å². The second-order valence-corrected chi connectivity index (χ2v) is 10.8. The number of aryl methyl sites for hydroxylation is 2. The van der Waals surface area contributed by atoms with Gasteiger partial charge < -0.3 is 9.67 Å². The number of aliphatic carboxylic acids is 1. The van der Waals surface area contributed by atoms with Gasteiger partial charge in [0.15, 0.2) is 0 Å². The van der Waals surface area contributed by atoms with Crippen LogP contribution in [0.4, 0.5) is 0 Å². The van der Waals surface area contributed by atoms with E-state index < -0.39 is 22.0 Å². The van der Waals surface area contributed by atoms with Crippen LogP contribution in [0.25, 0.3) is 10.9 Å². The molecule has 0 fully saturated rings. The molecule has 0 aliphatic heterocycles. The zero-order valence-electron chi connectivity index (χ0n) is 18.1. The molecule has 2 aromatic heterocycles. The fourth-order valence-electron chi connectivity index (χ4n) is 3.54. The number of carbonyl (C=O) groups is 1. The standard InChI is InChI=1S/C25H22N2O4S2/c1-17-7-9-18(10-8-17)11-12-20-13-14-24(32-20)33(30,31)26-22(25(28)29)15-19-16-27(2)23-6-4-3-5-21(19)23/h3-10,13-14,16,22,26H,15H2,1-2H3,(H,28,29)/t22-/m0/s1. The van der Waals surface area contributed by atoms with Crippen LogP contribution in [0.15, 0.2) is 71.1 Å². The summed E-state index contributed by atoms with van der Waals surface area (Å²) in [6, 6.07) is 17.1. The molecule has 0 amide bonds. The van der Waals surface area contributed by atoms with E-state index in [-0.39, 0.29) is 10.6 Å². The smallest absolute Gasteiger partial charge is 0.322 e. The van der Waals surface area contributed by atoms with Crippen molar-refractivity contribution < 1.29 is 18.3 Å². The number of thiophene rings is 1. The predicted octanol–water partition coefficient (Wildman–Crippen LogP) is 3.92. The van der Waals surface area contributed by atoms with Crippen LogP contribution in [0.2, 0.25) is 0 Å². The number of nitrogens with zero attached hydrogens (tertiary/aromatic N) is 1. The van der Waals surface area contributed by atoms with Gasteiger partial charge in [-0.15, -0.1) is 11.3 Å². The number of carboxylic acid groups (broad SMARTS) is 1. The molecule has 6 nitrogen and oxygen atoms in total. The summed E-state index contributed by atoms with van der Waals surface area (Å²) in [5.74, 6) is 4.75. The number of rotatable bonds is 6. The largest absolute Gasteiger partial charge is 0.480 e. The van der Waals surface area contributed by atoms with E-state index in [1.165, 1.54) is 6.07 Å². The highest BCUT2D eigenvalue weighted by Crippen LogP contribution is 2.24. The Labute approximate surface area is 196 Å². The molecule has 1 atom stereocenters. The lowest BCUT2D eigenvalue weighted by Gasteiger charge is -2.13. The second kappa shape index (κ2) is 9.24. The highest BCUT2D eigenvalue weighted by Gasteiger charge is 2.27. The van der Waals surface area contributed by atoms with Crippen LogP contribution >= 0.6 is 11.3 Å². The van der Waals surface area contributed by atoms with Gasteiger partial charge >= 0.3 is 5.97 Å². The SMILES string of the molecule is Cc1ccc(C#Cc2ccc(S(=O)(=O)N[C@@H](Cc3cn(C)c4ccccc34)C(=O)O)s2)cc1. The van der Waals surface area contributed by atoms with Gasteiger partial charge in [-0.3, -0.25) is 4.79 Å². The van der Waals surface area contributed by atoms with Gasteiger partial charge in [-0.25, -0.2) is 8.42 Å². The van der Waals surface area contributed by atoms with E-state index in [9.17, 15) is 18.3 Å². The third-order valence-corrected chi connectivity index (χ3v) is 8.19. The van der Waals surface area contributed by atoms with Crippen LogP contribution in [-0.2, 0) is 28.3 Å². The zero-order valence-corrected chi connectivity index (χ0v) is 19.7. The second-order valence-electron chi connectivity index (χ2n) is 7.73. The fourth-order valence-corrected chi connectivity index (χ4v) is 5.90. The molecular formula is C25H22N2O4S2. The topological polar surface area (TPSA) is 88.4 Å². The number of hydrogen-bond donors (Lipinski definition) is 2. The van der Waals surface area contributed by atoms with Gasteiger partial charge in [0.1, 0.15) is 10.3 Å². The maximum Gasteiger partial charge on any atom is 0.322 e. The monoisotopic (exact) mass is 478 g/mol. The van der Waals surface area contributed by atoms with E-state index in [1.807, 2.05) is 73.3 Å². The summed E-state index contributed by atoms with van der Waals surface area (Å²) in [5.41, 5.74) is 3.68. The summed E-state index contributed by atoms with van der Waals surface area (Å²) < 4.78 is 30.1. The summed E-state index contributed by atoms with van der Waals surface area (Å²) in [6.45, 7) is 1.99. The van der Waals surface area contributed by atoms with Crippen molar-refractivity contribution in [3.63, 3.8) is 0 Å². The van der Waals surface area contributed by atoms with Crippen molar-refractivity contribution in [2.75, 3.05) is 0 Å². The first kappa shape index (κ1) is 22.8. The van der Waals surface area contributed by atoms with Crippen LogP contribution < -0.4 is 4.72 Å². The number of para-hydroxylation sites is 1. The Morgan fingerprint density at radius 2 is 1.82 bits per heavy atom. The Hall–Kier alpha value is -3.38. The quantitative estimate of drug-likeness (QED) is 0.411. The number of sulfonamides is 1. The van der Waals surface area contributed by atoms with E-state index in [1.54, 1.807) is 6.07 Å². The normalized spacial score (nSPS) is 12.3. The van der Waals surface area contributed by atoms with E-state index in [4.69, 9.17) is 0 Å². The minimum absolute atomic E-state index is 0.0277.